The highest BCUT2D eigenvalue weighted by molar-refractivity contribution is 7.99. The van der Waals surface area contributed by atoms with Crippen molar-refractivity contribution in [1.29, 1.82) is 0 Å². The van der Waals surface area contributed by atoms with Crippen molar-refractivity contribution in [2.24, 2.45) is 9.98 Å². The standard InChI is InChI=1S/C18H22N4S/c1-21(2)13-19-15-5-9-17(10-6-15)23-18-11-7-16(8-12-18)20-14-22(3)4/h5-14H,1-4H3. The minimum absolute atomic E-state index is 0.955. The van der Waals surface area contributed by atoms with E-state index in [1.165, 1.54) is 9.79 Å². The van der Waals surface area contributed by atoms with Crippen LogP contribution >= 0.6 is 11.8 Å². The third-order valence-corrected chi connectivity index (χ3v) is 3.80. The summed E-state index contributed by atoms with van der Waals surface area (Å²) in [7, 11) is 7.83. The monoisotopic (exact) mass is 326 g/mol. The molecule has 0 saturated carbocycles. The lowest BCUT2D eigenvalue weighted by molar-refractivity contribution is 0.643. The van der Waals surface area contributed by atoms with Gasteiger partial charge in [-0.2, -0.15) is 0 Å². The highest BCUT2D eigenvalue weighted by Crippen LogP contribution is 2.30. The zero-order valence-electron chi connectivity index (χ0n) is 14.0. The third-order valence-electron chi connectivity index (χ3n) is 2.78. The maximum absolute atomic E-state index is 4.37. The first-order valence-corrected chi connectivity index (χ1v) is 8.14. The number of nitrogens with zero attached hydrogens (tertiary/aromatic N) is 4. The lowest BCUT2D eigenvalue weighted by atomic mass is 10.3. The van der Waals surface area contributed by atoms with Gasteiger partial charge in [0.25, 0.3) is 0 Å². The highest BCUT2D eigenvalue weighted by atomic mass is 32.2. The van der Waals surface area contributed by atoms with Gasteiger partial charge in [0.1, 0.15) is 0 Å². The minimum Gasteiger partial charge on any atom is -0.369 e. The second-order valence-electron chi connectivity index (χ2n) is 5.51. The fourth-order valence-corrected chi connectivity index (χ4v) is 2.52. The predicted molar refractivity (Wildman–Crippen MR) is 101 cm³/mol. The molecule has 2 rings (SSSR count). The first kappa shape index (κ1) is 17.1. The molecule has 4 nitrogen and oxygen atoms in total. The molecule has 0 fully saturated rings. The van der Waals surface area contributed by atoms with Crippen LogP contribution in [0.2, 0.25) is 0 Å². The van der Waals surface area contributed by atoms with Crippen LogP contribution in [0.1, 0.15) is 0 Å². The second-order valence-corrected chi connectivity index (χ2v) is 6.65. The molecule has 2 aromatic carbocycles. The van der Waals surface area contributed by atoms with Gasteiger partial charge >= 0.3 is 0 Å². The molecule has 0 aliphatic rings. The van der Waals surface area contributed by atoms with Crippen LogP contribution in [0.3, 0.4) is 0 Å². The lowest BCUT2D eigenvalue weighted by Gasteiger charge is -2.05. The van der Waals surface area contributed by atoms with E-state index in [1.54, 1.807) is 24.4 Å². The Kier molecular flexibility index (Phi) is 6.23. The van der Waals surface area contributed by atoms with E-state index >= 15 is 0 Å². The Morgan fingerprint density at radius 2 is 1.00 bits per heavy atom. The van der Waals surface area contributed by atoms with Crippen LogP contribution in [-0.2, 0) is 0 Å². The van der Waals surface area contributed by atoms with E-state index < -0.39 is 0 Å². The number of aliphatic imine (C=N–C) groups is 2. The van der Waals surface area contributed by atoms with Gasteiger partial charge in [-0.05, 0) is 48.5 Å². The van der Waals surface area contributed by atoms with Crippen LogP contribution < -0.4 is 0 Å². The van der Waals surface area contributed by atoms with Crippen molar-refractivity contribution >= 4 is 35.8 Å². The molecule has 0 atom stereocenters. The number of hydrogen-bond acceptors (Lipinski definition) is 3. The molecule has 0 aliphatic heterocycles. The summed E-state index contributed by atoms with van der Waals surface area (Å²) in [6, 6.07) is 16.5. The third kappa shape index (κ3) is 6.16. The van der Waals surface area contributed by atoms with Crippen molar-refractivity contribution < 1.29 is 0 Å². The van der Waals surface area contributed by atoms with E-state index in [9.17, 15) is 0 Å². The topological polar surface area (TPSA) is 31.2 Å². The number of hydrogen-bond donors (Lipinski definition) is 0. The quantitative estimate of drug-likeness (QED) is 0.586. The van der Waals surface area contributed by atoms with Crippen molar-refractivity contribution in [2.45, 2.75) is 9.79 Å². The first-order chi connectivity index (χ1) is 11.0. The molecule has 0 bridgehead atoms. The average Bonchev–Trinajstić information content (AvgIpc) is 2.53. The molecular formula is C18H22N4S. The smallest absolute Gasteiger partial charge is 0.0907 e. The molecule has 0 saturated heterocycles. The summed E-state index contributed by atoms with van der Waals surface area (Å²) in [5, 5.41) is 0. The van der Waals surface area contributed by atoms with Gasteiger partial charge in [-0.1, -0.05) is 11.8 Å². The molecule has 0 unspecified atom stereocenters. The van der Waals surface area contributed by atoms with Crippen LogP contribution in [0.25, 0.3) is 0 Å². The summed E-state index contributed by atoms with van der Waals surface area (Å²) in [5.74, 6) is 0. The van der Waals surface area contributed by atoms with E-state index in [-0.39, 0.29) is 0 Å². The molecule has 0 aliphatic carbocycles. The van der Waals surface area contributed by atoms with Gasteiger partial charge in [-0.3, -0.25) is 0 Å². The number of rotatable bonds is 6. The van der Waals surface area contributed by atoms with E-state index in [0.29, 0.717) is 0 Å². The van der Waals surface area contributed by atoms with Crippen molar-refractivity contribution in [1.82, 2.24) is 9.80 Å². The van der Waals surface area contributed by atoms with Crippen molar-refractivity contribution in [3.8, 4) is 0 Å². The summed E-state index contributed by atoms with van der Waals surface area (Å²) in [6.07, 6.45) is 3.60. The van der Waals surface area contributed by atoms with Gasteiger partial charge in [0.2, 0.25) is 0 Å². The summed E-state index contributed by atoms with van der Waals surface area (Å²) in [6.45, 7) is 0. The average molecular weight is 326 g/mol. The van der Waals surface area contributed by atoms with Crippen LogP contribution in [0.5, 0.6) is 0 Å². The van der Waals surface area contributed by atoms with E-state index in [4.69, 9.17) is 0 Å². The van der Waals surface area contributed by atoms with Gasteiger partial charge in [0.15, 0.2) is 0 Å². The molecule has 0 radical (unpaired) electrons. The fourth-order valence-electron chi connectivity index (χ4n) is 1.70. The van der Waals surface area contributed by atoms with Gasteiger partial charge in [-0.25, -0.2) is 9.98 Å². The summed E-state index contributed by atoms with van der Waals surface area (Å²) >= 11 is 1.73. The Hall–Kier alpha value is -2.27. The van der Waals surface area contributed by atoms with Crippen LogP contribution in [0.4, 0.5) is 11.4 Å². The highest BCUT2D eigenvalue weighted by Gasteiger charge is 1.98. The molecule has 0 amide bonds. The molecule has 0 spiro atoms. The Morgan fingerprint density at radius 1 is 0.652 bits per heavy atom. The molecular weight excluding hydrogens is 304 g/mol. The van der Waals surface area contributed by atoms with Crippen molar-refractivity contribution in [3.05, 3.63) is 48.5 Å². The normalized spacial score (nSPS) is 11.3. The molecule has 0 N–H and O–H groups in total. The Morgan fingerprint density at radius 3 is 1.30 bits per heavy atom. The van der Waals surface area contributed by atoms with Crippen LogP contribution in [0.15, 0.2) is 68.3 Å². The van der Waals surface area contributed by atoms with Crippen LogP contribution in [-0.4, -0.2) is 50.7 Å². The van der Waals surface area contributed by atoms with E-state index in [2.05, 4.69) is 34.3 Å². The SMILES string of the molecule is CN(C)C=Nc1ccc(Sc2ccc(N=CN(C)C)cc2)cc1. The van der Waals surface area contributed by atoms with Crippen LogP contribution in [0, 0.1) is 0 Å². The fraction of sp³-hybridized carbons (Fsp3) is 0.222. The molecule has 0 heterocycles. The Bertz CT molecular complexity index is 599. The van der Waals surface area contributed by atoms with E-state index in [1.807, 2.05) is 62.3 Å². The first-order valence-electron chi connectivity index (χ1n) is 7.32. The summed E-state index contributed by atoms with van der Waals surface area (Å²) < 4.78 is 0. The van der Waals surface area contributed by atoms with Crippen molar-refractivity contribution in [3.63, 3.8) is 0 Å². The largest absolute Gasteiger partial charge is 0.369 e. The predicted octanol–water partition coefficient (Wildman–Crippen LogP) is 4.28. The van der Waals surface area contributed by atoms with Gasteiger partial charge in [0, 0.05) is 38.0 Å². The lowest BCUT2D eigenvalue weighted by Crippen LogP contribution is -2.06. The van der Waals surface area contributed by atoms with Crippen molar-refractivity contribution in [2.75, 3.05) is 28.2 Å². The molecule has 120 valence electrons. The molecule has 23 heavy (non-hydrogen) atoms. The zero-order chi connectivity index (χ0) is 16.7. The Balaban J connectivity index is 1.99. The number of benzene rings is 2. The van der Waals surface area contributed by atoms with Gasteiger partial charge < -0.3 is 9.80 Å². The Labute approximate surface area is 142 Å². The molecule has 0 aromatic heterocycles. The maximum Gasteiger partial charge on any atom is 0.0907 e. The summed E-state index contributed by atoms with van der Waals surface area (Å²) in [4.78, 5) is 15.0. The maximum atomic E-state index is 4.37. The zero-order valence-corrected chi connectivity index (χ0v) is 14.8. The van der Waals surface area contributed by atoms with E-state index in [0.717, 1.165) is 11.4 Å². The molecule has 2 aromatic rings. The second kappa shape index (κ2) is 8.39. The summed E-state index contributed by atoms with van der Waals surface area (Å²) in [5.41, 5.74) is 1.91. The molecule has 5 heteroatoms. The minimum atomic E-state index is 0.955. The van der Waals surface area contributed by atoms with Gasteiger partial charge in [-0.15, -0.1) is 0 Å². The van der Waals surface area contributed by atoms with Gasteiger partial charge in [0.05, 0.1) is 24.1 Å².